The van der Waals surface area contributed by atoms with E-state index in [-0.39, 0.29) is 0 Å². The summed E-state index contributed by atoms with van der Waals surface area (Å²) < 4.78 is 5.54. The fraction of sp³-hybridized carbons (Fsp3) is 0.571. The van der Waals surface area contributed by atoms with Gasteiger partial charge in [-0.1, -0.05) is 70.5 Å². The van der Waals surface area contributed by atoms with Crippen molar-refractivity contribution < 1.29 is 4.74 Å². The van der Waals surface area contributed by atoms with Gasteiger partial charge in [0.25, 0.3) is 0 Å². The number of rotatable bonds is 6. The van der Waals surface area contributed by atoms with Crippen LogP contribution in [0.25, 0.3) is 0 Å². The summed E-state index contributed by atoms with van der Waals surface area (Å²) in [5, 5.41) is 3.80. The zero-order valence-electron chi connectivity index (χ0n) is 19.6. The maximum absolute atomic E-state index is 5.54. The molecule has 2 aromatic rings. The van der Waals surface area contributed by atoms with Crippen molar-refractivity contribution in [3.63, 3.8) is 0 Å². The third-order valence-corrected chi connectivity index (χ3v) is 8.20. The molecule has 2 aliphatic rings. The molecule has 1 fully saturated rings. The lowest BCUT2D eigenvalue weighted by Gasteiger charge is -2.55. The summed E-state index contributed by atoms with van der Waals surface area (Å²) in [5.41, 5.74) is 6.64. The molecular weight excluding hydrogens is 366 g/mol. The van der Waals surface area contributed by atoms with Crippen LogP contribution in [-0.2, 0) is 18.4 Å². The molecule has 0 spiro atoms. The molecule has 162 valence electrons. The van der Waals surface area contributed by atoms with Crippen molar-refractivity contribution in [1.29, 1.82) is 0 Å². The summed E-state index contributed by atoms with van der Waals surface area (Å²) in [4.78, 5) is 0. The van der Waals surface area contributed by atoms with Crippen molar-refractivity contribution >= 4 is 0 Å². The fourth-order valence-corrected chi connectivity index (χ4v) is 6.55. The Labute approximate surface area is 183 Å². The van der Waals surface area contributed by atoms with Crippen molar-refractivity contribution in [2.75, 3.05) is 13.7 Å². The molecule has 0 aliphatic heterocycles. The molecule has 4 rings (SSSR count). The highest BCUT2D eigenvalue weighted by Gasteiger charge is 2.51. The van der Waals surface area contributed by atoms with Gasteiger partial charge >= 0.3 is 0 Å². The van der Waals surface area contributed by atoms with Gasteiger partial charge in [-0.2, -0.15) is 0 Å². The van der Waals surface area contributed by atoms with Gasteiger partial charge in [0.15, 0.2) is 0 Å². The predicted molar refractivity (Wildman–Crippen MR) is 126 cm³/mol. The molecule has 0 amide bonds. The third-order valence-electron chi connectivity index (χ3n) is 8.20. The number of para-hydroxylation sites is 1. The fourth-order valence-electron chi connectivity index (χ4n) is 6.55. The van der Waals surface area contributed by atoms with Crippen molar-refractivity contribution in [1.82, 2.24) is 5.32 Å². The number of benzene rings is 2. The van der Waals surface area contributed by atoms with Crippen LogP contribution in [-0.4, -0.2) is 13.7 Å². The first-order valence-corrected chi connectivity index (χ1v) is 11.8. The number of ether oxygens (including phenoxy) is 1. The second-order valence-corrected chi connectivity index (χ2v) is 10.5. The minimum absolute atomic E-state index is 0.308. The normalized spacial score (nSPS) is 28.1. The van der Waals surface area contributed by atoms with Crippen molar-refractivity contribution in [3.05, 3.63) is 64.7 Å². The first-order valence-electron chi connectivity index (χ1n) is 11.8. The van der Waals surface area contributed by atoms with Gasteiger partial charge in [0.05, 0.1) is 7.11 Å². The van der Waals surface area contributed by atoms with E-state index in [1.165, 1.54) is 43.2 Å². The van der Waals surface area contributed by atoms with Gasteiger partial charge < -0.3 is 10.1 Å². The zero-order chi connectivity index (χ0) is 21.4. The Balaban J connectivity index is 1.53. The monoisotopic (exact) mass is 405 g/mol. The quantitative estimate of drug-likeness (QED) is 0.583. The number of methoxy groups -OCH3 is 1. The number of hydrogen-bond acceptors (Lipinski definition) is 2. The smallest absolute Gasteiger partial charge is 0.123 e. The highest BCUT2D eigenvalue weighted by atomic mass is 16.5. The van der Waals surface area contributed by atoms with E-state index in [0.717, 1.165) is 24.8 Å². The van der Waals surface area contributed by atoms with E-state index < -0.39 is 0 Å². The van der Waals surface area contributed by atoms with Gasteiger partial charge in [-0.3, -0.25) is 0 Å². The van der Waals surface area contributed by atoms with E-state index in [4.69, 9.17) is 4.74 Å². The Kier molecular flexibility index (Phi) is 5.99. The molecule has 0 aromatic heterocycles. The topological polar surface area (TPSA) is 21.3 Å². The molecule has 1 saturated carbocycles. The lowest BCUT2D eigenvalue weighted by Crippen LogP contribution is -2.52. The van der Waals surface area contributed by atoms with Crippen LogP contribution in [0.5, 0.6) is 5.75 Å². The Morgan fingerprint density at radius 1 is 1.10 bits per heavy atom. The molecule has 1 N–H and O–H groups in total. The number of fused-ring (bicyclic) bond motifs is 3. The second kappa shape index (κ2) is 8.38. The Bertz CT molecular complexity index is 888. The van der Waals surface area contributed by atoms with E-state index in [0.29, 0.717) is 16.7 Å². The largest absolute Gasteiger partial charge is 0.496 e. The lowest BCUT2D eigenvalue weighted by molar-refractivity contribution is 0.0256. The van der Waals surface area contributed by atoms with E-state index >= 15 is 0 Å². The van der Waals surface area contributed by atoms with E-state index in [2.05, 4.69) is 69.4 Å². The molecular formula is C28H39NO. The first-order chi connectivity index (χ1) is 14.4. The van der Waals surface area contributed by atoms with Gasteiger partial charge in [0.1, 0.15) is 5.75 Å². The minimum atomic E-state index is 0.308. The van der Waals surface area contributed by atoms with E-state index in [9.17, 15) is 0 Å². The van der Waals surface area contributed by atoms with Gasteiger partial charge in [0.2, 0.25) is 0 Å². The van der Waals surface area contributed by atoms with Crippen LogP contribution in [0.4, 0.5) is 0 Å². The van der Waals surface area contributed by atoms with Crippen LogP contribution < -0.4 is 10.1 Å². The minimum Gasteiger partial charge on any atom is -0.496 e. The Morgan fingerprint density at radius 3 is 2.67 bits per heavy atom. The molecule has 0 unspecified atom stereocenters. The standard InChI is InChI=1S/C28H39NO/c1-20(2)21-11-13-24-22(17-21)12-14-26-27(3,15-8-16-28(24,26)4)19-29-18-23-9-6-7-10-25(23)30-5/h6-7,9-11,13,17,20,26,29H,8,12,14-16,18-19H2,1-5H3/t26-,27-,28-/m0/s1. The highest BCUT2D eigenvalue weighted by molar-refractivity contribution is 5.42. The summed E-state index contributed by atoms with van der Waals surface area (Å²) in [5.74, 6) is 2.33. The van der Waals surface area contributed by atoms with Crippen LogP contribution in [0.15, 0.2) is 42.5 Å². The van der Waals surface area contributed by atoms with E-state index in [1.807, 2.05) is 6.07 Å². The van der Waals surface area contributed by atoms with E-state index in [1.54, 1.807) is 18.2 Å². The molecule has 0 bridgehead atoms. The molecule has 0 heterocycles. The predicted octanol–water partition coefficient (Wildman–Crippen LogP) is 6.62. The van der Waals surface area contributed by atoms with Crippen molar-refractivity contribution in [2.24, 2.45) is 11.3 Å². The molecule has 30 heavy (non-hydrogen) atoms. The van der Waals surface area contributed by atoms with Crippen molar-refractivity contribution in [3.8, 4) is 5.75 Å². The average molecular weight is 406 g/mol. The van der Waals surface area contributed by atoms with Gasteiger partial charge in [0, 0.05) is 18.7 Å². The van der Waals surface area contributed by atoms with Gasteiger partial charge in [-0.05, 0) is 71.1 Å². The molecule has 0 saturated heterocycles. The molecule has 2 nitrogen and oxygen atoms in total. The SMILES string of the molecule is COc1ccccc1CNC[C@]1(C)CCC[C@@]2(C)c3ccc(C(C)C)cc3CC[C@@H]12. The lowest BCUT2D eigenvalue weighted by atomic mass is 9.49. The zero-order valence-corrected chi connectivity index (χ0v) is 19.6. The van der Waals surface area contributed by atoms with Gasteiger partial charge in [-0.15, -0.1) is 0 Å². The molecule has 0 radical (unpaired) electrons. The number of nitrogens with one attached hydrogen (secondary N) is 1. The summed E-state index contributed by atoms with van der Waals surface area (Å²) in [6, 6.07) is 15.7. The van der Waals surface area contributed by atoms with Crippen LogP contribution in [0.3, 0.4) is 0 Å². The number of hydrogen-bond donors (Lipinski definition) is 1. The average Bonchev–Trinajstić information content (AvgIpc) is 2.73. The first kappa shape index (κ1) is 21.4. The highest BCUT2D eigenvalue weighted by Crippen LogP contribution is 2.57. The Hall–Kier alpha value is -1.80. The molecule has 2 aromatic carbocycles. The van der Waals surface area contributed by atoms with Gasteiger partial charge in [-0.25, -0.2) is 0 Å². The number of aryl methyl sites for hydroxylation is 1. The molecule has 3 atom stereocenters. The van der Waals surface area contributed by atoms with Crippen LogP contribution >= 0.6 is 0 Å². The summed E-state index contributed by atoms with van der Waals surface area (Å²) in [6.45, 7) is 11.7. The maximum Gasteiger partial charge on any atom is 0.123 e. The van der Waals surface area contributed by atoms with Crippen LogP contribution in [0.2, 0.25) is 0 Å². The summed E-state index contributed by atoms with van der Waals surface area (Å²) >= 11 is 0. The van der Waals surface area contributed by atoms with Crippen LogP contribution in [0, 0.1) is 11.3 Å². The molecule has 2 aliphatic carbocycles. The van der Waals surface area contributed by atoms with Crippen LogP contribution in [0.1, 0.15) is 81.5 Å². The third kappa shape index (κ3) is 3.80. The molecule has 2 heteroatoms. The maximum atomic E-state index is 5.54. The van der Waals surface area contributed by atoms with Crippen molar-refractivity contribution in [2.45, 2.75) is 77.7 Å². The summed E-state index contributed by atoms with van der Waals surface area (Å²) in [7, 11) is 1.76. The summed E-state index contributed by atoms with van der Waals surface area (Å²) in [6.07, 6.45) is 6.53. The Morgan fingerprint density at radius 2 is 1.90 bits per heavy atom. The second-order valence-electron chi connectivity index (χ2n) is 10.5.